The third kappa shape index (κ3) is 3.22. The van der Waals surface area contributed by atoms with Crippen molar-refractivity contribution in [3.63, 3.8) is 0 Å². The molecule has 2 atom stereocenters. The molecular formula is C19H18O4S. The van der Waals surface area contributed by atoms with Crippen molar-refractivity contribution in [2.24, 2.45) is 11.8 Å². The van der Waals surface area contributed by atoms with Crippen LogP contribution >= 0.6 is 11.8 Å². The van der Waals surface area contributed by atoms with Crippen LogP contribution < -0.4 is 9.47 Å². The average Bonchev–Trinajstić information content (AvgIpc) is 3.21. The lowest BCUT2D eigenvalue weighted by molar-refractivity contribution is -0.141. The van der Waals surface area contributed by atoms with Crippen LogP contribution in [-0.2, 0) is 16.0 Å². The molecule has 0 spiro atoms. The van der Waals surface area contributed by atoms with Crippen LogP contribution in [0.1, 0.15) is 5.56 Å². The van der Waals surface area contributed by atoms with Gasteiger partial charge in [0.2, 0.25) is 6.79 Å². The summed E-state index contributed by atoms with van der Waals surface area (Å²) in [5.74, 6) is 2.45. The number of fused-ring (bicyclic) bond motifs is 1. The van der Waals surface area contributed by atoms with Crippen LogP contribution in [0.2, 0.25) is 0 Å². The molecule has 5 heteroatoms. The number of ether oxygens (including phenoxy) is 3. The topological polar surface area (TPSA) is 44.8 Å². The van der Waals surface area contributed by atoms with Crippen molar-refractivity contribution in [3.05, 3.63) is 54.1 Å². The van der Waals surface area contributed by atoms with Gasteiger partial charge < -0.3 is 14.2 Å². The van der Waals surface area contributed by atoms with Crippen molar-refractivity contribution in [2.75, 3.05) is 19.2 Å². The first-order valence-electron chi connectivity index (χ1n) is 8.02. The first-order valence-corrected chi connectivity index (χ1v) is 9.01. The van der Waals surface area contributed by atoms with E-state index in [-0.39, 0.29) is 24.6 Å². The lowest BCUT2D eigenvalue weighted by Crippen LogP contribution is -2.20. The normalized spacial score (nSPS) is 21.8. The van der Waals surface area contributed by atoms with Gasteiger partial charge in [-0.1, -0.05) is 24.3 Å². The first kappa shape index (κ1) is 15.4. The summed E-state index contributed by atoms with van der Waals surface area (Å²) < 4.78 is 16.1. The quantitative estimate of drug-likeness (QED) is 0.614. The lowest BCUT2D eigenvalue weighted by atomic mass is 9.90. The molecule has 2 aliphatic heterocycles. The summed E-state index contributed by atoms with van der Waals surface area (Å²) in [6.45, 7) is 0.772. The Morgan fingerprint density at radius 1 is 1.00 bits per heavy atom. The molecular weight excluding hydrogens is 324 g/mol. The van der Waals surface area contributed by atoms with Gasteiger partial charge in [0.05, 0.1) is 12.5 Å². The molecule has 1 saturated heterocycles. The molecule has 0 N–H and O–H groups in total. The highest BCUT2D eigenvalue weighted by molar-refractivity contribution is 7.99. The SMILES string of the molecule is O=C1OC[C@@H](CSc2ccccc2)[C@@H]1Cc1ccc2c(c1)OCO2. The zero-order valence-corrected chi connectivity index (χ0v) is 14.0. The standard InChI is InChI=1S/C19H18O4S/c20-19-16(8-13-6-7-17-18(9-13)23-12-22-17)14(10-21-19)11-24-15-4-2-1-3-5-15/h1-7,9,14,16H,8,10-12H2/t14-,16-/m0/s1. The van der Waals surface area contributed by atoms with E-state index in [1.807, 2.05) is 36.4 Å². The summed E-state index contributed by atoms with van der Waals surface area (Å²) in [4.78, 5) is 13.4. The summed E-state index contributed by atoms with van der Waals surface area (Å²) in [7, 11) is 0. The molecule has 0 saturated carbocycles. The van der Waals surface area contributed by atoms with E-state index in [9.17, 15) is 4.79 Å². The maximum atomic E-state index is 12.1. The van der Waals surface area contributed by atoms with E-state index in [1.165, 1.54) is 4.90 Å². The Morgan fingerprint density at radius 2 is 1.83 bits per heavy atom. The predicted octanol–water partition coefficient (Wildman–Crippen LogP) is 3.54. The Bertz CT molecular complexity index is 731. The smallest absolute Gasteiger partial charge is 0.309 e. The van der Waals surface area contributed by atoms with Crippen molar-refractivity contribution >= 4 is 17.7 Å². The van der Waals surface area contributed by atoms with E-state index in [2.05, 4.69) is 12.1 Å². The van der Waals surface area contributed by atoms with Crippen molar-refractivity contribution in [1.82, 2.24) is 0 Å². The average molecular weight is 342 g/mol. The number of esters is 1. The third-order valence-corrected chi connectivity index (χ3v) is 5.61. The number of rotatable bonds is 5. The van der Waals surface area contributed by atoms with Gasteiger partial charge in [-0.2, -0.15) is 0 Å². The fourth-order valence-corrected chi connectivity index (χ4v) is 4.15. The van der Waals surface area contributed by atoms with E-state index in [4.69, 9.17) is 14.2 Å². The van der Waals surface area contributed by atoms with Crippen molar-refractivity contribution in [2.45, 2.75) is 11.3 Å². The third-order valence-electron chi connectivity index (χ3n) is 4.41. The molecule has 2 heterocycles. The highest BCUT2D eigenvalue weighted by Crippen LogP contribution is 2.36. The summed E-state index contributed by atoms with van der Waals surface area (Å²) in [5, 5.41) is 0. The van der Waals surface area contributed by atoms with Gasteiger partial charge in [-0.3, -0.25) is 4.79 Å². The monoisotopic (exact) mass is 342 g/mol. The molecule has 24 heavy (non-hydrogen) atoms. The first-order chi connectivity index (χ1) is 11.8. The van der Waals surface area contributed by atoms with Gasteiger partial charge in [0.25, 0.3) is 0 Å². The molecule has 0 aromatic heterocycles. The van der Waals surface area contributed by atoms with E-state index in [1.54, 1.807) is 11.8 Å². The largest absolute Gasteiger partial charge is 0.465 e. The van der Waals surface area contributed by atoms with Gasteiger partial charge in [0, 0.05) is 16.6 Å². The molecule has 1 fully saturated rings. The number of hydrogen-bond donors (Lipinski definition) is 0. The van der Waals surface area contributed by atoms with Crippen LogP contribution in [-0.4, -0.2) is 25.1 Å². The summed E-state index contributed by atoms with van der Waals surface area (Å²) in [6, 6.07) is 16.1. The van der Waals surface area contributed by atoms with Gasteiger partial charge in [0.15, 0.2) is 11.5 Å². The molecule has 4 nitrogen and oxygen atoms in total. The minimum absolute atomic E-state index is 0.0914. The lowest BCUT2D eigenvalue weighted by Gasteiger charge is -2.15. The van der Waals surface area contributed by atoms with Crippen LogP contribution in [0.5, 0.6) is 11.5 Å². The number of cyclic esters (lactones) is 1. The Balaban J connectivity index is 1.43. The summed E-state index contributed by atoms with van der Waals surface area (Å²) in [5.41, 5.74) is 1.08. The second kappa shape index (κ2) is 6.77. The number of hydrogen-bond acceptors (Lipinski definition) is 5. The van der Waals surface area contributed by atoms with Crippen LogP contribution in [0.3, 0.4) is 0 Å². The minimum atomic E-state index is -0.0958. The highest BCUT2D eigenvalue weighted by Gasteiger charge is 2.37. The molecule has 2 aromatic rings. The molecule has 4 rings (SSSR count). The zero-order chi connectivity index (χ0) is 16.4. The molecule has 124 valence electrons. The van der Waals surface area contributed by atoms with Gasteiger partial charge >= 0.3 is 5.97 Å². The maximum absolute atomic E-state index is 12.1. The van der Waals surface area contributed by atoms with Crippen molar-refractivity contribution < 1.29 is 19.0 Å². The Labute approximate surface area is 145 Å². The van der Waals surface area contributed by atoms with Gasteiger partial charge in [-0.05, 0) is 36.2 Å². The number of thioether (sulfide) groups is 1. The van der Waals surface area contributed by atoms with Crippen molar-refractivity contribution in [1.29, 1.82) is 0 Å². The summed E-state index contributed by atoms with van der Waals surface area (Å²) in [6.07, 6.45) is 0.676. The molecule has 0 aliphatic carbocycles. The molecule has 0 radical (unpaired) electrons. The Hall–Kier alpha value is -2.14. The fourth-order valence-electron chi connectivity index (χ4n) is 3.06. The second-order valence-corrected chi connectivity index (χ2v) is 7.11. The van der Waals surface area contributed by atoms with Gasteiger partial charge in [0.1, 0.15) is 0 Å². The molecule has 2 aromatic carbocycles. The van der Waals surface area contributed by atoms with Crippen LogP contribution in [0.15, 0.2) is 53.4 Å². The van der Waals surface area contributed by atoms with Gasteiger partial charge in [-0.25, -0.2) is 0 Å². The fraction of sp³-hybridized carbons (Fsp3) is 0.316. The Kier molecular flexibility index (Phi) is 4.34. The highest BCUT2D eigenvalue weighted by atomic mass is 32.2. The number of benzene rings is 2. The molecule has 0 amide bonds. The van der Waals surface area contributed by atoms with E-state index >= 15 is 0 Å². The van der Waals surface area contributed by atoms with E-state index in [0.717, 1.165) is 22.8 Å². The van der Waals surface area contributed by atoms with Crippen molar-refractivity contribution in [3.8, 4) is 11.5 Å². The Morgan fingerprint density at radius 3 is 2.71 bits per heavy atom. The second-order valence-electron chi connectivity index (χ2n) is 6.01. The molecule has 0 bridgehead atoms. The van der Waals surface area contributed by atoms with Gasteiger partial charge in [-0.15, -0.1) is 11.8 Å². The zero-order valence-electron chi connectivity index (χ0n) is 13.1. The number of carbonyl (C=O) groups is 1. The van der Waals surface area contributed by atoms with Crippen LogP contribution in [0, 0.1) is 11.8 Å². The van der Waals surface area contributed by atoms with E-state index in [0.29, 0.717) is 13.0 Å². The number of carbonyl (C=O) groups excluding carboxylic acids is 1. The van der Waals surface area contributed by atoms with Crippen LogP contribution in [0.25, 0.3) is 0 Å². The minimum Gasteiger partial charge on any atom is -0.465 e. The molecule has 0 unspecified atom stereocenters. The maximum Gasteiger partial charge on any atom is 0.309 e. The predicted molar refractivity (Wildman–Crippen MR) is 91.4 cm³/mol. The van der Waals surface area contributed by atoms with Crippen LogP contribution in [0.4, 0.5) is 0 Å². The molecule has 2 aliphatic rings. The van der Waals surface area contributed by atoms with E-state index < -0.39 is 0 Å². The summed E-state index contributed by atoms with van der Waals surface area (Å²) >= 11 is 1.78.